The topological polar surface area (TPSA) is 12.5 Å². The van der Waals surface area contributed by atoms with Gasteiger partial charge in [0.2, 0.25) is 0 Å². The van der Waals surface area contributed by atoms with E-state index in [4.69, 9.17) is 4.74 Å². The van der Waals surface area contributed by atoms with Gasteiger partial charge in [-0.05, 0) is 20.3 Å². The van der Waals surface area contributed by atoms with E-state index in [1.165, 1.54) is 32.4 Å². The normalized spacial score (nSPS) is 32.2. The van der Waals surface area contributed by atoms with E-state index in [1.54, 1.807) is 0 Å². The van der Waals surface area contributed by atoms with Crippen molar-refractivity contribution in [3.05, 3.63) is 0 Å². The molecule has 2 aliphatic rings. The van der Waals surface area contributed by atoms with Crippen molar-refractivity contribution in [3.8, 4) is 0 Å². The number of unbranched alkanes of at least 4 members (excludes halogenated alkanes) is 1. The van der Waals surface area contributed by atoms with Gasteiger partial charge in [0.1, 0.15) is 0 Å². The summed E-state index contributed by atoms with van der Waals surface area (Å²) < 4.78 is 5.53. The SMILES string of the molecule is CCCCC(C)(C)N1CC2COCC2C1. The van der Waals surface area contributed by atoms with E-state index < -0.39 is 0 Å². The molecule has 2 rings (SSSR count). The van der Waals surface area contributed by atoms with Gasteiger partial charge in [0.25, 0.3) is 0 Å². The van der Waals surface area contributed by atoms with E-state index >= 15 is 0 Å². The van der Waals surface area contributed by atoms with Crippen LogP contribution in [-0.4, -0.2) is 36.7 Å². The van der Waals surface area contributed by atoms with Crippen molar-refractivity contribution in [1.82, 2.24) is 4.90 Å². The molecule has 0 radical (unpaired) electrons. The lowest BCUT2D eigenvalue weighted by Crippen LogP contribution is -2.43. The molecule has 2 heteroatoms. The monoisotopic (exact) mass is 211 g/mol. The van der Waals surface area contributed by atoms with E-state index in [0.29, 0.717) is 5.54 Å². The van der Waals surface area contributed by atoms with Crippen LogP contribution in [0.2, 0.25) is 0 Å². The second kappa shape index (κ2) is 4.42. The first-order valence-corrected chi connectivity index (χ1v) is 6.46. The number of ether oxygens (including phenoxy) is 1. The molecule has 0 aliphatic carbocycles. The molecule has 2 saturated heterocycles. The lowest BCUT2D eigenvalue weighted by atomic mass is 9.95. The highest BCUT2D eigenvalue weighted by Crippen LogP contribution is 2.35. The second-order valence-electron chi connectivity index (χ2n) is 5.88. The van der Waals surface area contributed by atoms with Crippen molar-refractivity contribution in [2.75, 3.05) is 26.3 Å². The molecule has 2 atom stereocenters. The molecule has 2 fully saturated rings. The number of likely N-dealkylation sites (tertiary alicyclic amines) is 1. The van der Waals surface area contributed by atoms with E-state index in [-0.39, 0.29) is 0 Å². The van der Waals surface area contributed by atoms with Crippen LogP contribution < -0.4 is 0 Å². The zero-order chi connectivity index (χ0) is 10.9. The number of hydrogen-bond donors (Lipinski definition) is 0. The molecule has 2 unspecified atom stereocenters. The number of fused-ring (bicyclic) bond motifs is 1. The van der Waals surface area contributed by atoms with Crippen molar-refractivity contribution in [2.24, 2.45) is 11.8 Å². The Morgan fingerprint density at radius 3 is 2.33 bits per heavy atom. The molecule has 88 valence electrons. The van der Waals surface area contributed by atoms with Crippen LogP contribution in [0.15, 0.2) is 0 Å². The minimum absolute atomic E-state index is 0.403. The van der Waals surface area contributed by atoms with Gasteiger partial charge in [0, 0.05) is 30.5 Å². The van der Waals surface area contributed by atoms with E-state index in [0.717, 1.165) is 25.0 Å². The van der Waals surface area contributed by atoms with Gasteiger partial charge in [-0.15, -0.1) is 0 Å². The number of nitrogens with zero attached hydrogens (tertiary/aromatic N) is 1. The van der Waals surface area contributed by atoms with Gasteiger partial charge in [-0.1, -0.05) is 19.8 Å². The molecule has 2 nitrogen and oxygen atoms in total. The fourth-order valence-electron chi connectivity index (χ4n) is 2.95. The molecule has 15 heavy (non-hydrogen) atoms. The Kier molecular flexibility index (Phi) is 3.36. The Labute approximate surface area is 94.0 Å². The molecule has 0 N–H and O–H groups in total. The summed E-state index contributed by atoms with van der Waals surface area (Å²) in [6, 6.07) is 0. The third kappa shape index (κ3) is 2.36. The van der Waals surface area contributed by atoms with Crippen LogP contribution in [0.1, 0.15) is 40.0 Å². The standard InChI is InChI=1S/C13H25NO/c1-4-5-6-13(2,3)14-7-11-9-15-10-12(11)8-14/h11-12H,4-10H2,1-3H3. The molecule has 0 aromatic rings. The molecule has 0 saturated carbocycles. The summed E-state index contributed by atoms with van der Waals surface area (Å²) in [6.45, 7) is 11.6. The van der Waals surface area contributed by atoms with E-state index in [1.807, 2.05) is 0 Å². The molecule has 0 spiro atoms. The summed E-state index contributed by atoms with van der Waals surface area (Å²) in [5, 5.41) is 0. The van der Waals surface area contributed by atoms with Crippen LogP contribution in [0.5, 0.6) is 0 Å². The smallest absolute Gasteiger partial charge is 0.0510 e. The van der Waals surface area contributed by atoms with E-state index in [2.05, 4.69) is 25.7 Å². The van der Waals surface area contributed by atoms with Crippen LogP contribution in [0, 0.1) is 11.8 Å². The van der Waals surface area contributed by atoms with Gasteiger partial charge >= 0.3 is 0 Å². The zero-order valence-corrected chi connectivity index (χ0v) is 10.5. The maximum atomic E-state index is 5.53. The van der Waals surface area contributed by atoms with Crippen LogP contribution in [0.3, 0.4) is 0 Å². The number of hydrogen-bond acceptors (Lipinski definition) is 2. The van der Waals surface area contributed by atoms with Crippen LogP contribution in [0.4, 0.5) is 0 Å². The molecule has 2 heterocycles. The maximum absolute atomic E-state index is 5.53. The minimum atomic E-state index is 0.403. The summed E-state index contributed by atoms with van der Waals surface area (Å²) in [5.41, 5.74) is 0.403. The van der Waals surface area contributed by atoms with Gasteiger partial charge in [-0.25, -0.2) is 0 Å². The minimum Gasteiger partial charge on any atom is -0.381 e. The maximum Gasteiger partial charge on any atom is 0.0510 e. The predicted octanol–water partition coefficient (Wildman–Crippen LogP) is 2.53. The lowest BCUT2D eigenvalue weighted by Gasteiger charge is -2.36. The molecule has 0 bridgehead atoms. The third-order valence-corrected chi connectivity index (χ3v) is 4.24. The van der Waals surface area contributed by atoms with E-state index in [9.17, 15) is 0 Å². The average Bonchev–Trinajstić information content (AvgIpc) is 2.73. The highest BCUT2D eigenvalue weighted by Gasteiger charge is 2.41. The highest BCUT2D eigenvalue weighted by atomic mass is 16.5. The Morgan fingerprint density at radius 1 is 1.20 bits per heavy atom. The largest absolute Gasteiger partial charge is 0.381 e. The predicted molar refractivity (Wildman–Crippen MR) is 63.0 cm³/mol. The average molecular weight is 211 g/mol. The van der Waals surface area contributed by atoms with Gasteiger partial charge < -0.3 is 4.74 Å². The van der Waals surface area contributed by atoms with Crippen molar-refractivity contribution >= 4 is 0 Å². The fraction of sp³-hybridized carbons (Fsp3) is 1.00. The second-order valence-corrected chi connectivity index (χ2v) is 5.88. The fourth-order valence-corrected chi connectivity index (χ4v) is 2.95. The van der Waals surface area contributed by atoms with Gasteiger partial charge in [0.05, 0.1) is 13.2 Å². The van der Waals surface area contributed by atoms with Crippen LogP contribution in [0.25, 0.3) is 0 Å². The summed E-state index contributed by atoms with van der Waals surface area (Å²) >= 11 is 0. The summed E-state index contributed by atoms with van der Waals surface area (Å²) in [6.07, 6.45) is 4.01. The first kappa shape index (κ1) is 11.4. The molecule has 0 aromatic heterocycles. The molecular weight excluding hydrogens is 186 g/mol. The zero-order valence-electron chi connectivity index (χ0n) is 10.5. The Morgan fingerprint density at radius 2 is 1.80 bits per heavy atom. The summed E-state index contributed by atoms with van der Waals surface area (Å²) in [7, 11) is 0. The van der Waals surface area contributed by atoms with Crippen molar-refractivity contribution < 1.29 is 4.74 Å². The lowest BCUT2D eigenvalue weighted by molar-refractivity contribution is 0.0972. The Balaban J connectivity index is 1.89. The quantitative estimate of drug-likeness (QED) is 0.708. The van der Waals surface area contributed by atoms with Crippen molar-refractivity contribution in [3.63, 3.8) is 0 Å². The first-order chi connectivity index (χ1) is 7.13. The highest BCUT2D eigenvalue weighted by molar-refractivity contribution is 4.94. The van der Waals surface area contributed by atoms with Gasteiger partial charge in [-0.3, -0.25) is 4.90 Å². The summed E-state index contributed by atoms with van der Waals surface area (Å²) in [5.74, 6) is 1.65. The Bertz CT molecular complexity index is 203. The van der Waals surface area contributed by atoms with Gasteiger partial charge in [-0.2, -0.15) is 0 Å². The van der Waals surface area contributed by atoms with Gasteiger partial charge in [0.15, 0.2) is 0 Å². The molecule has 0 amide bonds. The number of rotatable bonds is 4. The summed E-state index contributed by atoms with van der Waals surface area (Å²) in [4.78, 5) is 2.69. The van der Waals surface area contributed by atoms with Crippen molar-refractivity contribution in [2.45, 2.75) is 45.6 Å². The van der Waals surface area contributed by atoms with Crippen LogP contribution in [-0.2, 0) is 4.74 Å². The third-order valence-electron chi connectivity index (χ3n) is 4.24. The molecule has 2 aliphatic heterocycles. The molecular formula is C13H25NO. The first-order valence-electron chi connectivity index (χ1n) is 6.46. The van der Waals surface area contributed by atoms with Crippen LogP contribution >= 0.6 is 0 Å². The Hall–Kier alpha value is -0.0800. The van der Waals surface area contributed by atoms with Crippen molar-refractivity contribution in [1.29, 1.82) is 0 Å². The molecule has 0 aromatic carbocycles.